The molecule has 0 fully saturated rings. The van der Waals surface area contributed by atoms with Gasteiger partial charge in [0.1, 0.15) is 5.52 Å². The minimum atomic E-state index is -1.00. The Kier molecular flexibility index (Phi) is 3.22. The van der Waals surface area contributed by atoms with E-state index in [9.17, 15) is 9.90 Å². The molecule has 0 bridgehead atoms. The van der Waals surface area contributed by atoms with Gasteiger partial charge in [0.05, 0.1) is 5.56 Å². The highest BCUT2D eigenvalue weighted by molar-refractivity contribution is 6.00. The highest BCUT2D eigenvalue weighted by atomic mass is 16.4. The van der Waals surface area contributed by atoms with E-state index in [2.05, 4.69) is 18.8 Å². The Morgan fingerprint density at radius 3 is 2.48 bits per heavy atom. The molecular weight excluding hydrogens is 266 g/mol. The Bertz CT molecular complexity index is 801. The van der Waals surface area contributed by atoms with E-state index in [1.54, 1.807) is 12.1 Å². The highest BCUT2D eigenvalue weighted by Crippen LogP contribution is 2.27. The molecule has 1 heterocycles. The van der Waals surface area contributed by atoms with E-state index in [-0.39, 0.29) is 5.56 Å². The summed E-state index contributed by atoms with van der Waals surface area (Å²) >= 11 is 0. The Labute approximate surface area is 122 Å². The van der Waals surface area contributed by atoms with E-state index in [1.807, 2.05) is 24.3 Å². The summed E-state index contributed by atoms with van der Waals surface area (Å²) in [6, 6.07) is 12.9. The first-order valence-electron chi connectivity index (χ1n) is 6.79. The fourth-order valence-corrected chi connectivity index (χ4v) is 2.26. The molecule has 0 unspecified atom stereocenters. The lowest BCUT2D eigenvalue weighted by Crippen LogP contribution is -1.96. The number of nitrogens with zero attached hydrogens (tertiary/aromatic N) is 1. The Hall–Kier alpha value is -2.62. The molecule has 4 heteroatoms. The number of carboxylic acid groups (broad SMARTS) is 1. The van der Waals surface area contributed by atoms with Crippen LogP contribution in [-0.4, -0.2) is 16.1 Å². The highest BCUT2D eigenvalue weighted by Gasteiger charge is 2.15. The fourth-order valence-electron chi connectivity index (χ4n) is 2.26. The van der Waals surface area contributed by atoms with Crippen LogP contribution in [0.3, 0.4) is 0 Å². The second-order valence-electron chi connectivity index (χ2n) is 5.25. The molecule has 0 saturated carbocycles. The van der Waals surface area contributed by atoms with E-state index in [0.29, 0.717) is 22.9 Å². The van der Waals surface area contributed by atoms with Crippen molar-refractivity contribution >= 4 is 17.1 Å². The predicted octanol–water partition coefficient (Wildman–Crippen LogP) is 4.32. The summed E-state index contributed by atoms with van der Waals surface area (Å²) in [5.74, 6) is -0.106. The number of hydrogen-bond donors (Lipinski definition) is 1. The van der Waals surface area contributed by atoms with Gasteiger partial charge in [0, 0.05) is 5.56 Å². The minimum absolute atomic E-state index is 0.154. The first kappa shape index (κ1) is 13.4. The summed E-state index contributed by atoms with van der Waals surface area (Å²) in [4.78, 5) is 15.5. The van der Waals surface area contributed by atoms with Crippen molar-refractivity contribution < 1.29 is 14.3 Å². The van der Waals surface area contributed by atoms with Crippen molar-refractivity contribution in [3.8, 4) is 11.5 Å². The lowest BCUT2D eigenvalue weighted by Gasteiger charge is -2.04. The maximum Gasteiger partial charge on any atom is 0.338 e. The topological polar surface area (TPSA) is 63.3 Å². The largest absolute Gasteiger partial charge is 0.478 e. The van der Waals surface area contributed by atoms with Crippen molar-refractivity contribution in [1.29, 1.82) is 0 Å². The lowest BCUT2D eigenvalue weighted by atomic mass is 10.0. The van der Waals surface area contributed by atoms with E-state index in [0.717, 1.165) is 5.56 Å². The summed E-state index contributed by atoms with van der Waals surface area (Å²) < 4.78 is 5.67. The van der Waals surface area contributed by atoms with Gasteiger partial charge in [-0.1, -0.05) is 32.0 Å². The number of oxazole rings is 1. The normalized spacial score (nSPS) is 11.2. The fraction of sp³-hybridized carbons (Fsp3) is 0.176. The van der Waals surface area contributed by atoms with Gasteiger partial charge < -0.3 is 9.52 Å². The van der Waals surface area contributed by atoms with Crippen molar-refractivity contribution in [2.45, 2.75) is 19.8 Å². The molecule has 0 aliphatic rings. The number of benzene rings is 2. The maximum atomic E-state index is 11.2. The number of fused-ring (bicyclic) bond motifs is 1. The van der Waals surface area contributed by atoms with Crippen LogP contribution in [0.4, 0.5) is 0 Å². The molecule has 3 rings (SSSR count). The molecule has 4 nitrogen and oxygen atoms in total. The third-order valence-electron chi connectivity index (χ3n) is 3.47. The molecule has 21 heavy (non-hydrogen) atoms. The standard InChI is InChI=1S/C17H15NO3/c1-10(2)11-6-8-12(9-7-11)16-18-15-13(17(19)20)4-3-5-14(15)21-16/h3-10H,1-2H3,(H,19,20). The lowest BCUT2D eigenvalue weighted by molar-refractivity contribution is 0.0699. The zero-order valence-corrected chi connectivity index (χ0v) is 11.8. The van der Waals surface area contributed by atoms with Crippen LogP contribution in [0.5, 0.6) is 0 Å². The van der Waals surface area contributed by atoms with Crippen molar-refractivity contribution in [3.63, 3.8) is 0 Å². The van der Waals surface area contributed by atoms with Gasteiger partial charge in [0.2, 0.25) is 5.89 Å². The summed E-state index contributed by atoms with van der Waals surface area (Å²) in [6.07, 6.45) is 0. The van der Waals surface area contributed by atoms with Crippen LogP contribution in [0.1, 0.15) is 35.7 Å². The average Bonchev–Trinajstić information content (AvgIpc) is 2.90. The van der Waals surface area contributed by atoms with Gasteiger partial charge in [0.15, 0.2) is 5.58 Å². The quantitative estimate of drug-likeness (QED) is 0.776. The molecule has 3 aromatic rings. The number of aromatic carboxylic acids is 1. The monoisotopic (exact) mass is 281 g/mol. The predicted molar refractivity (Wildman–Crippen MR) is 80.5 cm³/mol. The number of aromatic nitrogens is 1. The molecule has 106 valence electrons. The van der Waals surface area contributed by atoms with Gasteiger partial charge in [-0.3, -0.25) is 0 Å². The van der Waals surface area contributed by atoms with E-state index < -0.39 is 5.97 Å². The second-order valence-corrected chi connectivity index (χ2v) is 5.25. The van der Waals surface area contributed by atoms with Crippen LogP contribution in [0.25, 0.3) is 22.6 Å². The summed E-state index contributed by atoms with van der Waals surface area (Å²) in [5.41, 5.74) is 3.10. The summed E-state index contributed by atoms with van der Waals surface area (Å²) in [6.45, 7) is 4.27. The first-order chi connectivity index (χ1) is 10.1. The van der Waals surface area contributed by atoms with Crippen molar-refractivity contribution in [2.24, 2.45) is 0 Å². The van der Waals surface area contributed by atoms with Crippen LogP contribution < -0.4 is 0 Å². The maximum absolute atomic E-state index is 11.2. The van der Waals surface area contributed by atoms with Crippen molar-refractivity contribution in [3.05, 3.63) is 53.6 Å². The molecule has 0 aliphatic carbocycles. The number of carbonyl (C=O) groups is 1. The van der Waals surface area contributed by atoms with E-state index >= 15 is 0 Å². The van der Waals surface area contributed by atoms with E-state index in [1.165, 1.54) is 11.6 Å². The summed E-state index contributed by atoms with van der Waals surface area (Å²) in [5, 5.41) is 9.18. The zero-order chi connectivity index (χ0) is 15.0. The third-order valence-corrected chi connectivity index (χ3v) is 3.47. The molecular formula is C17H15NO3. The van der Waals surface area contributed by atoms with Gasteiger partial charge in [-0.25, -0.2) is 9.78 Å². The van der Waals surface area contributed by atoms with Crippen LogP contribution in [-0.2, 0) is 0 Å². The molecule has 0 aliphatic heterocycles. The third kappa shape index (κ3) is 2.40. The smallest absolute Gasteiger partial charge is 0.338 e. The van der Waals surface area contributed by atoms with Crippen molar-refractivity contribution in [1.82, 2.24) is 4.98 Å². The van der Waals surface area contributed by atoms with Gasteiger partial charge in [-0.05, 0) is 35.7 Å². The number of hydrogen-bond acceptors (Lipinski definition) is 3. The van der Waals surface area contributed by atoms with Gasteiger partial charge in [-0.2, -0.15) is 0 Å². The Morgan fingerprint density at radius 1 is 1.14 bits per heavy atom. The molecule has 1 aromatic heterocycles. The van der Waals surface area contributed by atoms with E-state index in [4.69, 9.17) is 4.42 Å². The van der Waals surface area contributed by atoms with Gasteiger partial charge >= 0.3 is 5.97 Å². The van der Waals surface area contributed by atoms with Crippen molar-refractivity contribution in [2.75, 3.05) is 0 Å². The molecule has 0 spiro atoms. The number of carboxylic acids is 1. The number of para-hydroxylation sites is 1. The van der Waals surface area contributed by atoms with Gasteiger partial charge in [0.25, 0.3) is 0 Å². The molecule has 0 atom stereocenters. The molecule has 0 radical (unpaired) electrons. The molecule has 0 saturated heterocycles. The van der Waals surface area contributed by atoms with Crippen LogP contribution in [0, 0.1) is 0 Å². The zero-order valence-electron chi connectivity index (χ0n) is 11.8. The van der Waals surface area contributed by atoms with Crippen LogP contribution in [0.2, 0.25) is 0 Å². The molecule has 1 N–H and O–H groups in total. The summed E-state index contributed by atoms with van der Waals surface area (Å²) in [7, 11) is 0. The molecule has 0 amide bonds. The first-order valence-corrected chi connectivity index (χ1v) is 6.79. The van der Waals surface area contributed by atoms with Crippen LogP contribution in [0.15, 0.2) is 46.9 Å². The minimum Gasteiger partial charge on any atom is -0.478 e. The second kappa shape index (κ2) is 5.05. The van der Waals surface area contributed by atoms with Crippen LogP contribution >= 0.6 is 0 Å². The Morgan fingerprint density at radius 2 is 1.86 bits per heavy atom. The SMILES string of the molecule is CC(C)c1ccc(-c2nc3c(C(=O)O)cccc3o2)cc1. The average molecular weight is 281 g/mol. The Balaban J connectivity index is 2.09. The molecule has 2 aromatic carbocycles. The number of rotatable bonds is 3. The van der Waals surface area contributed by atoms with Gasteiger partial charge in [-0.15, -0.1) is 0 Å².